The Morgan fingerprint density at radius 2 is 1.69 bits per heavy atom. The third-order valence-corrected chi connectivity index (χ3v) is 4.61. The number of amides is 3. The molecule has 8 nitrogen and oxygen atoms in total. The number of nitriles is 1. The first-order chi connectivity index (χ1) is 14.8. The van der Waals surface area contributed by atoms with Gasteiger partial charge < -0.3 is 20.3 Å². The van der Waals surface area contributed by atoms with Gasteiger partial charge in [0.15, 0.2) is 0 Å². The van der Waals surface area contributed by atoms with Crippen molar-refractivity contribution >= 4 is 30.5 Å². The number of carbonyl (C=O) groups is 3. The second-order valence-electron chi connectivity index (χ2n) is 8.99. The maximum absolute atomic E-state index is 13.4. The molecule has 0 aliphatic carbocycles. The summed E-state index contributed by atoms with van der Waals surface area (Å²) in [5, 5.41) is 14.8. The zero-order valence-corrected chi connectivity index (χ0v) is 20.7. The smallest absolute Gasteiger partial charge is 0.408 e. The predicted molar refractivity (Wildman–Crippen MR) is 126 cm³/mol. The lowest BCUT2D eigenvalue weighted by Gasteiger charge is -2.33. The summed E-state index contributed by atoms with van der Waals surface area (Å²) in [7, 11) is 0. The standard InChI is InChI=1S/C23H34N4O4S/c1-14(2)25-20(28)19(17-11-15(3)10-16(4)12-17)27(9-8-24)21(29)18(13-32)26-22(30)31-23(5,6)7/h10-12,14,18-19,32H,9,13H2,1-7H3,(H,25,28)(H,26,30). The van der Waals surface area contributed by atoms with Crippen LogP contribution in [0, 0.1) is 25.2 Å². The van der Waals surface area contributed by atoms with Crippen LogP contribution in [0.15, 0.2) is 18.2 Å². The summed E-state index contributed by atoms with van der Waals surface area (Å²) in [4.78, 5) is 40.0. The van der Waals surface area contributed by atoms with Gasteiger partial charge in [-0.2, -0.15) is 17.9 Å². The van der Waals surface area contributed by atoms with E-state index in [9.17, 15) is 19.6 Å². The molecule has 0 bridgehead atoms. The molecule has 1 aromatic carbocycles. The Kier molecular flexibility index (Phi) is 10.0. The molecule has 0 spiro atoms. The van der Waals surface area contributed by atoms with Gasteiger partial charge in [0.05, 0.1) is 6.07 Å². The molecular weight excluding hydrogens is 428 g/mol. The Balaban J connectivity index is 3.39. The van der Waals surface area contributed by atoms with Gasteiger partial charge in [0, 0.05) is 11.8 Å². The first-order valence-electron chi connectivity index (χ1n) is 10.5. The van der Waals surface area contributed by atoms with Crippen LogP contribution >= 0.6 is 12.6 Å². The molecular formula is C23H34N4O4S. The van der Waals surface area contributed by atoms with E-state index in [4.69, 9.17) is 4.74 Å². The van der Waals surface area contributed by atoms with Crippen molar-refractivity contribution < 1.29 is 19.1 Å². The minimum Gasteiger partial charge on any atom is -0.444 e. The van der Waals surface area contributed by atoms with E-state index in [2.05, 4.69) is 23.3 Å². The lowest BCUT2D eigenvalue weighted by molar-refractivity contribution is -0.141. The predicted octanol–water partition coefficient (Wildman–Crippen LogP) is 3.04. The van der Waals surface area contributed by atoms with Crippen molar-refractivity contribution in [3.8, 4) is 6.07 Å². The van der Waals surface area contributed by atoms with Crippen molar-refractivity contribution in [2.75, 3.05) is 12.3 Å². The van der Waals surface area contributed by atoms with Crippen LogP contribution in [-0.4, -0.2) is 52.8 Å². The van der Waals surface area contributed by atoms with E-state index in [-0.39, 0.29) is 18.3 Å². The summed E-state index contributed by atoms with van der Waals surface area (Å²) in [6, 6.07) is 5.24. The first kappa shape index (κ1) is 27.3. The maximum atomic E-state index is 13.4. The number of carbonyl (C=O) groups excluding carboxylic acids is 3. The zero-order chi connectivity index (χ0) is 24.6. The summed E-state index contributed by atoms with van der Waals surface area (Å²) in [6.45, 7) is 12.2. The molecule has 0 saturated carbocycles. The van der Waals surface area contributed by atoms with Crippen LogP contribution in [0.5, 0.6) is 0 Å². The first-order valence-corrected chi connectivity index (χ1v) is 11.1. The highest BCUT2D eigenvalue weighted by Crippen LogP contribution is 2.25. The Labute approximate surface area is 196 Å². The van der Waals surface area contributed by atoms with Crippen LogP contribution in [0.25, 0.3) is 0 Å². The third-order valence-electron chi connectivity index (χ3n) is 4.25. The molecule has 32 heavy (non-hydrogen) atoms. The third kappa shape index (κ3) is 8.42. The second-order valence-corrected chi connectivity index (χ2v) is 9.36. The van der Waals surface area contributed by atoms with Gasteiger partial charge in [-0.25, -0.2) is 4.79 Å². The van der Waals surface area contributed by atoms with Crippen LogP contribution < -0.4 is 10.6 Å². The van der Waals surface area contributed by atoms with E-state index in [1.807, 2.05) is 52.0 Å². The highest BCUT2D eigenvalue weighted by atomic mass is 32.1. The lowest BCUT2D eigenvalue weighted by atomic mass is 9.98. The minimum atomic E-state index is -1.08. The molecule has 2 atom stereocenters. The molecule has 0 radical (unpaired) electrons. The summed E-state index contributed by atoms with van der Waals surface area (Å²) < 4.78 is 5.24. The molecule has 1 aromatic rings. The van der Waals surface area contributed by atoms with Gasteiger partial charge in [-0.3, -0.25) is 9.59 Å². The largest absolute Gasteiger partial charge is 0.444 e. The Hall–Kier alpha value is -2.73. The molecule has 0 heterocycles. The Morgan fingerprint density at radius 1 is 1.12 bits per heavy atom. The maximum Gasteiger partial charge on any atom is 0.408 e. The normalized spacial score (nSPS) is 13.0. The van der Waals surface area contributed by atoms with Crippen LogP contribution in [0.1, 0.15) is 57.4 Å². The molecule has 9 heteroatoms. The van der Waals surface area contributed by atoms with Crippen molar-refractivity contribution in [1.29, 1.82) is 5.26 Å². The van der Waals surface area contributed by atoms with Crippen LogP contribution in [0.3, 0.4) is 0 Å². The average Bonchev–Trinajstić information content (AvgIpc) is 2.62. The van der Waals surface area contributed by atoms with Crippen LogP contribution in [0.2, 0.25) is 0 Å². The SMILES string of the molecule is Cc1cc(C)cc(C(C(=O)NC(C)C)N(CC#N)C(=O)C(CS)NC(=O)OC(C)(C)C)c1. The van der Waals surface area contributed by atoms with Gasteiger partial charge in [0.2, 0.25) is 11.8 Å². The molecule has 0 fully saturated rings. The molecule has 2 N–H and O–H groups in total. The number of thiol groups is 1. The molecule has 0 aliphatic rings. The summed E-state index contributed by atoms with van der Waals surface area (Å²) in [5.74, 6) is -1.05. The average molecular weight is 463 g/mol. The Bertz CT molecular complexity index is 853. The van der Waals surface area contributed by atoms with Crippen LogP contribution in [-0.2, 0) is 14.3 Å². The molecule has 1 rings (SSSR count). The summed E-state index contributed by atoms with van der Waals surface area (Å²) in [5.41, 5.74) is 1.67. The molecule has 176 valence electrons. The van der Waals surface area contributed by atoms with Crippen molar-refractivity contribution in [2.45, 2.75) is 72.2 Å². The van der Waals surface area contributed by atoms with E-state index in [1.54, 1.807) is 20.8 Å². The lowest BCUT2D eigenvalue weighted by Crippen LogP contribution is -2.54. The van der Waals surface area contributed by atoms with Crippen molar-refractivity contribution in [2.24, 2.45) is 0 Å². The molecule has 2 unspecified atom stereocenters. The number of benzene rings is 1. The fraction of sp³-hybridized carbons (Fsp3) is 0.565. The van der Waals surface area contributed by atoms with Gasteiger partial charge in [-0.05, 0) is 54.0 Å². The molecule has 0 aliphatic heterocycles. The number of alkyl carbamates (subject to hydrolysis) is 1. The van der Waals surface area contributed by atoms with Crippen molar-refractivity contribution in [1.82, 2.24) is 15.5 Å². The van der Waals surface area contributed by atoms with Crippen molar-refractivity contribution in [3.63, 3.8) is 0 Å². The molecule has 0 saturated heterocycles. The van der Waals surface area contributed by atoms with Gasteiger partial charge in [0.25, 0.3) is 0 Å². The van der Waals surface area contributed by atoms with Gasteiger partial charge in [0.1, 0.15) is 24.2 Å². The minimum absolute atomic E-state index is 0.0363. The topological polar surface area (TPSA) is 112 Å². The number of hydrogen-bond acceptors (Lipinski definition) is 6. The van der Waals surface area contributed by atoms with E-state index < -0.39 is 35.6 Å². The molecule has 3 amide bonds. The van der Waals surface area contributed by atoms with Crippen molar-refractivity contribution in [3.05, 3.63) is 34.9 Å². The second kappa shape index (κ2) is 11.8. The van der Waals surface area contributed by atoms with E-state index in [1.165, 1.54) is 4.90 Å². The number of rotatable bonds is 8. The molecule has 0 aromatic heterocycles. The number of nitrogens with zero attached hydrogens (tertiary/aromatic N) is 2. The van der Waals surface area contributed by atoms with Gasteiger partial charge in [-0.15, -0.1) is 0 Å². The van der Waals surface area contributed by atoms with Gasteiger partial charge in [-0.1, -0.05) is 29.3 Å². The number of aryl methyl sites for hydroxylation is 2. The summed E-state index contributed by atoms with van der Waals surface area (Å²) >= 11 is 4.20. The zero-order valence-electron chi connectivity index (χ0n) is 19.9. The number of nitrogens with one attached hydrogen (secondary N) is 2. The van der Waals surface area contributed by atoms with E-state index >= 15 is 0 Å². The number of ether oxygens (including phenoxy) is 1. The van der Waals surface area contributed by atoms with Gasteiger partial charge >= 0.3 is 6.09 Å². The summed E-state index contributed by atoms with van der Waals surface area (Å²) in [6.07, 6.45) is -0.781. The monoisotopic (exact) mass is 462 g/mol. The fourth-order valence-electron chi connectivity index (χ4n) is 3.21. The fourth-order valence-corrected chi connectivity index (χ4v) is 3.46. The van der Waals surface area contributed by atoms with E-state index in [0.29, 0.717) is 5.56 Å². The Morgan fingerprint density at radius 3 is 2.12 bits per heavy atom. The quantitative estimate of drug-likeness (QED) is 0.406. The van der Waals surface area contributed by atoms with Crippen LogP contribution in [0.4, 0.5) is 4.79 Å². The highest BCUT2D eigenvalue weighted by molar-refractivity contribution is 7.80. The highest BCUT2D eigenvalue weighted by Gasteiger charge is 2.36. The number of hydrogen-bond donors (Lipinski definition) is 3. The van der Waals surface area contributed by atoms with E-state index in [0.717, 1.165) is 11.1 Å².